The molecule has 0 saturated heterocycles. The van der Waals surface area contributed by atoms with Crippen molar-refractivity contribution < 1.29 is 89.3 Å². The number of rotatable bonds is 11. The van der Waals surface area contributed by atoms with Crippen molar-refractivity contribution in [2.24, 2.45) is 21.7 Å². The topological polar surface area (TPSA) is 155 Å². The molecule has 4 radical (unpaired) electrons. The number of fused-ring (bicyclic) bond motifs is 11. The maximum atomic E-state index is 6.39. The van der Waals surface area contributed by atoms with E-state index >= 15 is 0 Å². The van der Waals surface area contributed by atoms with Crippen molar-refractivity contribution in [2.75, 3.05) is 0 Å². The van der Waals surface area contributed by atoms with Crippen LogP contribution >= 0.6 is 0 Å². The van der Waals surface area contributed by atoms with Crippen LogP contribution in [0.3, 0.4) is 0 Å². The van der Waals surface area contributed by atoms with Gasteiger partial charge in [-0.1, -0.05) is 342 Å². The Hall–Kier alpha value is -12.3. The van der Waals surface area contributed by atoms with Crippen molar-refractivity contribution >= 4 is 54.9 Å². The second kappa shape index (κ2) is 39.3. The normalized spacial score (nSPS) is 16.8. The van der Waals surface area contributed by atoms with Crippen molar-refractivity contribution in [2.45, 2.75) is 209 Å². The van der Waals surface area contributed by atoms with E-state index in [4.69, 9.17) is 38.7 Å². The van der Waals surface area contributed by atoms with E-state index in [0.717, 1.165) is 161 Å². The molecule has 10 aromatic carbocycles. The third-order valence-electron chi connectivity index (χ3n) is 37.2. The standard InChI is InChI=1S/C40H34N3O.C31H29N2O.C31H31N2.C30H30N3.4Ir/c1-38(2)30-20-18-24(22-31(30)39(3,4)40(38,5)6)32-21-19-25(23-41-32)37-42-33-16-9-7-13-28(33)35(43-37)29-15-11-14-27-26-12-8-10-17-34(26)44-36(27)29;1-29(2)23-13-11-19(17-24(23)30(3,4)31(29,5)6)25-14-12-20(18-33-25)21-15-16-32-28-27(21)22-9-7-8-10-26(22)34-28;1-29(2)26-14-12-22(18-27(26)30(3,4)31(29,5)6)28-15-13-23(19-33-28)24-16-17-32-20-25(24)21-10-8-7-9-11-21;1-28(2)24-14-12-21(16-25(24)29(3,4)30(28,5)6)26-15-13-22(17-31-26)27-32-18-23(19-33-27)20-10-8-7-9-11-20;;;;/h7-17,19-23H,1-6H3;7-10,12-18H,1-6H3;7-11,13-20H,1-6H3;7-11,13-19H,1-6H3;;;;/q4*-1;;;;. The summed E-state index contributed by atoms with van der Waals surface area (Å²) in [6, 6.07) is 104. The zero-order valence-corrected chi connectivity index (χ0v) is 98.2. The van der Waals surface area contributed by atoms with Gasteiger partial charge in [0, 0.05) is 186 Å². The SMILES string of the molecule is CC1(C)c2c[c-]c(-c3ccc(-c4ccnc5oc6ccccc6c45)cn3)cc2C(C)(C)C1(C)C.CC1(C)c2c[c-]c(-c3ccc(-c4ccncc4-c4ccccc4)cn3)cc2C(C)(C)C1(C)C.CC1(C)c2c[c-]c(-c3ccc(-c4nc(-c5cccc6c5oc5ccccc56)c5ccccc5n4)cn3)cc2C(C)(C)C1(C)C.CC1(C)c2c[c-]c(-c3ccc(-c4ncc(-c5ccccc5)cn4)cn3)cc2C(C)(C)C1(C)C.[Ir].[Ir].[Ir].[Ir]. The summed E-state index contributed by atoms with van der Waals surface area (Å²) in [5, 5.41) is 5.26. The predicted octanol–water partition coefficient (Wildman–Crippen LogP) is 33.6. The molecule has 0 bridgehead atoms. The quantitative estimate of drug-likeness (QED) is 0.113. The summed E-state index contributed by atoms with van der Waals surface area (Å²) in [6.07, 6.45) is 17.0. The molecular formula is C132H124Ir4N10O2-4. The number of pyridine rings is 6. The van der Waals surface area contributed by atoms with E-state index in [9.17, 15) is 0 Å². The van der Waals surface area contributed by atoms with Crippen LogP contribution in [-0.2, 0) is 124 Å². The molecule has 0 aliphatic heterocycles. The van der Waals surface area contributed by atoms with Crippen molar-refractivity contribution in [3.8, 4) is 124 Å². The van der Waals surface area contributed by atoms with Gasteiger partial charge in [0.1, 0.15) is 16.7 Å². The van der Waals surface area contributed by atoms with Crippen LogP contribution in [0, 0.1) is 45.9 Å². The number of aromatic nitrogens is 10. The fraction of sp³-hybridized carbons (Fsp3) is 0.273. The van der Waals surface area contributed by atoms with E-state index < -0.39 is 0 Å². The smallest absolute Gasteiger partial charge is 0.227 e. The Balaban J connectivity index is 0.000000134. The van der Waals surface area contributed by atoms with Gasteiger partial charge >= 0.3 is 0 Å². The molecule has 0 fully saturated rings. The second-order valence-corrected chi connectivity index (χ2v) is 46.2. The zero-order chi connectivity index (χ0) is 101. The van der Waals surface area contributed by atoms with Gasteiger partial charge in [0.05, 0.1) is 16.6 Å². The molecule has 0 amide bonds. The Bertz CT molecular complexity index is 8410. The van der Waals surface area contributed by atoms with Crippen LogP contribution in [0.1, 0.15) is 211 Å². The third kappa shape index (κ3) is 17.2. The average Bonchev–Trinajstić information content (AvgIpc) is 1.55. The van der Waals surface area contributed by atoms with E-state index in [0.29, 0.717) is 17.4 Å². The van der Waals surface area contributed by atoms with Gasteiger partial charge in [-0.2, -0.15) is 0 Å². The zero-order valence-electron chi connectivity index (χ0n) is 88.6. The van der Waals surface area contributed by atoms with Gasteiger partial charge in [-0.3, -0.25) is 4.98 Å². The predicted molar refractivity (Wildman–Crippen MR) is 590 cm³/mol. The van der Waals surface area contributed by atoms with Crippen LogP contribution in [0.25, 0.3) is 178 Å². The molecule has 20 aromatic rings. The molecule has 148 heavy (non-hydrogen) atoms. The monoisotopic (exact) mass is 2650 g/mol. The van der Waals surface area contributed by atoms with E-state index in [1.54, 1.807) is 6.20 Å². The maximum Gasteiger partial charge on any atom is 0.227 e. The number of furan rings is 2. The van der Waals surface area contributed by atoms with Crippen LogP contribution in [0.2, 0.25) is 0 Å². The minimum Gasteiger partial charge on any atom is -0.455 e. The van der Waals surface area contributed by atoms with Gasteiger partial charge in [-0.05, 0) is 158 Å². The van der Waals surface area contributed by atoms with Crippen LogP contribution in [-0.4, -0.2) is 49.8 Å². The molecule has 24 rings (SSSR count). The molecule has 16 heteroatoms. The average molecular weight is 2650 g/mol. The summed E-state index contributed by atoms with van der Waals surface area (Å²) >= 11 is 0. The first-order chi connectivity index (χ1) is 68.5. The number of benzene rings is 10. The number of nitrogens with zero attached hydrogens (tertiary/aromatic N) is 10. The van der Waals surface area contributed by atoms with Gasteiger partial charge in [0.15, 0.2) is 11.6 Å². The largest absolute Gasteiger partial charge is 0.455 e. The Morgan fingerprint density at radius 2 is 0.595 bits per heavy atom. The number of hydrogen-bond acceptors (Lipinski definition) is 12. The fourth-order valence-corrected chi connectivity index (χ4v) is 23.3. The van der Waals surface area contributed by atoms with Crippen molar-refractivity contribution in [1.29, 1.82) is 0 Å². The Morgan fingerprint density at radius 3 is 1.03 bits per heavy atom. The second-order valence-electron chi connectivity index (χ2n) is 46.2. The van der Waals surface area contributed by atoms with Gasteiger partial charge in [-0.15, -0.1) is 140 Å². The van der Waals surface area contributed by atoms with Crippen LogP contribution in [0.5, 0.6) is 0 Å². The molecule has 10 heterocycles. The fourth-order valence-electron chi connectivity index (χ4n) is 23.3. The summed E-state index contributed by atoms with van der Waals surface area (Å²) in [6.45, 7) is 56.8. The minimum atomic E-state index is 0. The van der Waals surface area contributed by atoms with E-state index in [2.05, 4.69) is 374 Å². The van der Waals surface area contributed by atoms with Crippen LogP contribution < -0.4 is 0 Å². The van der Waals surface area contributed by atoms with Crippen molar-refractivity contribution in [1.82, 2.24) is 49.8 Å². The van der Waals surface area contributed by atoms with E-state index in [-0.39, 0.29) is 145 Å². The molecule has 0 saturated carbocycles. The summed E-state index contributed by atoms with van der Waals surface area (Å²) in [5.41, 5.74) is 36.4. The molecule has 12 nitrogen and oxygen atoms in total. The third-order valence-corrected chi connectivity index (χ3v) is 37.2. The Labute approximate surface area is 925 Å². The van der Waals surface area contributed by atoms with Gasteiger partial charge < -0.3 is 28.8 Å². The van der Waals surface area contributed by atoms with E-state index in [1.165, 1.54) is 44.5 Å². The molecule has 4 aliphatic carbocycles. The number of para-hydroxylation sites is 4. The summed E-state index contributed by atoms with van der Waals surface area (Å²) in [5.74, 6) is 1.31. The maximum absolute atomic E-state index is 6.39. The first-order valence-electron chi connectivity index (χ1n) is 50.4. The van der Waals surface area contributed by atoms with E-state index in [1.807, 2.05) is 147 Å². The Kier molecular flexibility index (Phi) is 28.4. The van der Waals surface area contributed by atoms with Crippen molar-refractivity contribution in [3.63, 3.8) is 0 Å². The number of hydrogen-bond donors (Lipinski definition) is 0. The Morgan fingerprint density at radius 1 is 0.236 bits per heavy atom. The van der Waals surface area contributed by atoms with Gasteiger partial charge in [0.2, 0.25) is 5.71 Å². The molecule has 10 aromatic heterocycles. The molecule has 754 valence electrons. The van der Waals surface area contributed by atoms with Gasteiger partial charge in [0.25, 0.3) is 0 Å². The summed E-state index contributed by atoms with van der Waals surface area (Å²) < 4.78 is 12.4. The first-order valence-corrected chi connectivity index (χ1v) is 50.4. The molecule has 0 N–H and O–H groups in total. The first kappa shape index (κ1) is 107. The van der Waals surface area contributed by atoms with Gasteiger partial charge in [-0.25, -0.2) is 24.9 Å². The van der Waals surface area contributed by atoms with Crippen molar-refractivity contribution in [3.05, 3.63) is 385 Å². The van der Waals surface area contributed by atoms with Crippen LogP contribution in [0.15, 0.2) is 325 Å². The molecule has 0 atom stereocenters. The minimum absolute atomic E-state index is 0. The molecule has 0 spiro atoms. The molecule has 4 aliphatic rings. The molecular weight excluding hydrogens is 2530 g/mol. The summed E-state index contributed by atoms with van der Waals surface area (Å²) in [4.78, 5) is 47.4. The van der Waals surface area contributed by atoms with Crippen LogP contribution in [0.4, 0.5) is 0 Å². The molecule has 0 unspecified atom stereocenters. The summed E-state index contributed by atoms with van der Waals surface area (Å²) in [7, 11) is 0.